The van der Waals surface area contributed by atoms with E-state index in [-0.39, 0.29) is 11.9 Å². The maximum atomic E-state index is 11.7. The summed E-state index contributed by atoms with van der Waals surface area (Å²) in [6, 6.07) is 5.80. The summed E-state index contributed by atoms with van der Waals surface area (Å²) < 4.78 is 5.69. The van der Waals surface area contributed by atoms with E-state index >= 15 is 0 Å². The maximum absolute atomic E-state index is 11.7. The number of hydrogen-bond donors (Lipinski definition) is 2. The van der Waals surface area contributed by atoms with Crippen molar-refractivity contribution in [1.29, 1.82) is 0 Å². The van der Waals surface area contributed by atoms with E-state index in [0.717, 1.165) is 23.3 Å². The molecule has 2 unspecified atom stereocenters. The van der Waals surface area contributed by atoms with E-state index in [2.05, 4.69) is 5.32 Å². The molecule has 0 saturated heterocycles. The quantitative estimate of drug-likeness (QED) is 0.828. The Labute approximate surface area is 115 Å². The van der Waals surface area contributed by atoms with Gasteiger partial charge in [0.15, 0.2) is 6.10 Å². The van der Waals surface area contributed by atoms with E-state index in [1.165, 1.54) is 0 Å². The van der Waals surface area contributed by atoms with Gasteiger partial charge in [0.1, 0.15) is 5.75 Å². The Kier molecular flexibility index (Phi) is 5.83. The molecule has 0 fully saturated rings. The van der Waals surface area contributed by atoms with E-state index in [1.54, 1.807) is 6.92 Å². The summed E-state index contributed by atoms with van der Waals surface area (Å²) in [6.45, 7) is 8.34. The molecule has 19 heavy (non-hydrogen) atoms. The molecule has 0 bridgehead atoms. The standard InChI is InChI=1S/C15H24N2O2/c1-5-8-17-15(18)12(4)19-14-7-6-13(11(3)16)9-10(14)2/h6-7,9,11-12H,5,8,16H2,1-4H3,(H,17,18). The van der Waals surface area contributed by atoms with Crippen molar-refractivity contribution in [2.45, 2.75) is 46.3 Å². The van der Waals surface area contributed by atoms with E-state index in [4.69, 9.17) is 10.5 Å². The Morgan fingerprint density at radius 3 is 2.63 bits per heavy atom. The Hall–Kier alpha value is -1.55. The number of ether oxygens (including phenoxy) is 1. The number of carbonyl (C=O) groups is 1. The Morgan fingerprint density at radius 1 is 1.42 bits per heavy atom. The molecular weight excluding hydrogens is 240 g/mol. The summed E-state index contributed by atoms with van der Waals surface area (Å²) in [4.78, 5) is 11.7. The van der Waals surface area contributed by atoms with Crippen molar-refractivity contribution in [1.82, 2.24) is 5.32 Å². The second-order valence-corrected chi connectivity index (χ2v) is 4.86. The summed E-state index contributed by atoms with van der Waals surface area (Å²) >= 11 is 0. The minimum Gasteiger partial charge on any atom is -0.481 e. The molecule has 3 N–H and O–H groups in total. The average Bonchev–Trinajstić information content (AvgIpc) is 2.37. The first kappa shape index (κ1) is 15.5. The predicted octanol–water partition coefficient (Wildman–Crippen LogP) is 2.31. The van der Waals surface area contributed by atoms with E-state index in [1.807, 2.05) is 39.0 Å². The molecule has 0 aliphatic heterocycles. The smallest absolute Gasteiger partial charge is 0.260 e. The van der Waals surface area contributed by atoms with Gasteiger partial charge in [0, 0.05) is 12.6 Å². The zero-order chi connectivity index (χ0) is 14.4. The Bertz CT molecular complexity index is 430. The number of hydrogen-bond acceptors (Lipinski definition) is 3. The van der Waals surface area contributed by atoms with Crippen LogP contribution >= 0.6 is 0 Å². The van der Waals surface area contributed by atoms with Gasteiger partial charge in [-0.15, -0.1) is 0 Å². The zero-order valence-corrected chi connectivity index (χ0v) is 12.2. The third-order valence-electron chi connectivity index (χ3n) is 2.95. The molecule has 0 aromatic heterocycles. The number of amides is 1. The fourth-order valence-electron chi connectivity index (χ4n) is 1.72. The zero-order valence-electron chi connectivity index (χ0n) is 12.2. The molecule has 4 heteroatoms. The summed E-state index contributed by atoms with van der Waals surface area (Å²) in [5.41, 5.74) is 7.89. The molecule has 0 heterocycles. The first-order valence-electron chi connectivity index (χ1n) is 6.76. The van der Waals surface area contributed by atoms with E-state index in [9.17, 15) is 4.79 Å². The van der Waals surface area contributed by atoms with Crippen molar-refractivity contribution in [2.24, 2.45) is 5.73 Å². The number of rotatable bonds is 6. The predicted molar refractivity (Wildman–Crippen MR) is 77.2 cm³/mol. The van der Waals surface area contributed by atoms with Crippen LogP contribution in [0.2, 0.25) is 0 Å². The van der Waals surface area contributed by atoms with Crippen LogP contribution in [0.4, 0.5) is 0 Å². The van der Waals surface area contributed by atoms with Gasteiger partial charge in [0.25, 0.3) is 5.91 Å². The van der Waals surface area contributed by atoms with Gasteiger partial charge in [0.05, 0.1) is 0 Å². The third kappa shape index (κ3) is 4.56. The van der Waals surface area contributed by atoms with Crippen LogP contribution in [-0.4, -0.2) is 18.6 Å². The lowest BCUT2D eigenvalue weighted by atomic mass is 10.1. The van der Waals surface area contributed by atoms with Crippen LogP contribution in [-0.2, 0) is 4.79 Å². The second-order valence-electron chi connectivity index (χ2n) is 4.86. The highest BCUT2D eigenvalue weighted by Crippen LogP contribution is 2.22. The number of nitrogens with two attached hydrogens (primary N) is 1. The minimum absolute atomic E-state index is 0.00183. The van der Waals surface area contributed by atoms with Crippen LogP contribution in [0.25, 0.3) is 0 Å². The largest absolute Gasteiger partial charge is 0.481 e. The topological polar surface area (TPSA) is 64.3 Å². The Balaban J connectivity index is 2.69. The highest BCUT2D eigenvalue weighted by molar-refractivity contribution is 5.80. The van der Waals surface area contributed by atoms with Gasteiger partial charge in [-0.25, -0.2) is 0 Å². The first-order chi connectivity index (χ1) is 8.95. The SMILES string of the molecule is CCCNC(=O)C(C)Oc1ccc(C(C)N)cc1C. The average molecular weight is 264 g/mol. The van der Waals surface area contributed by atoms with E-state index < -0.39 is 6.10 Å². The van der Waals surface area contributed by atoms with Crippen molar-refractivity contribution in [3.05, 3.63) is 29.3 Å². The second kappa shape index (κ2) is 7.14. The molecule has 2 atom stereocenters. The summed E-state index contributed by atoms with van der Waals surface area (Å²) in [7, 11) is 0. The summed E-state index contributed by atoms with van der Waals surface area (Å²) in [5, 5.41) is 2.82. The Morgan fingerprint density at radius 2 is 2.11 bits per heavy atom. The molecule has 0 spiro atoms. The number of aryl methyl sites for hydroxylation is 1. The van der Waals surface area contributed by atoms with Crippen molar-refractivity contribution in [2.75, 3.05) is 6.54 Å². The molecule has 0 radical (unpaired) electrons. The third-order valence-corrected chi connectivity index (χ3v) is 2.95. The minimum atomic E-state index is -0.494. The molecule has 0 aliphatic carbocycles. The highest BCUT2D eigenvalue weighted by Gasteiger charge is 2.15. The summed E-state index contributed by atoms with van der Waals surface area (Å²) in [5.74, 6) is 0.640. The van der Waals surface area contributed by atoms with Gasteiger partial charge in [-0.05, 0) is 44.4 Å². The van der Waals surface area contributed by atoms with Crippen LogP contribution in [0.5, 0.6) is 5.75 Å². The molecule has 0 saturated carbocycles. The molecule has 0 aliphatic rings. The molecule has 4 nitrogen and oxygen atoms in total. The van der Waals surface area contributed by atoms with Crippen molar-refractivity contribution >= 4 is 5.91 Å². The van der Waals surface area contributed by atoms with Crippen molar-refractivity contribution < 1.29 is 9.53 Å². The van der Waals surface area contributed by atoms with Gasteiger partial charge in [-0.1, -0.05) is 19.1 Å². The lowest BCUT2D eigenvalue weighted by molar-refractivity contribution is -0.127. The number of nitrogens with one attached hydrogen (secondary N) is 1. The molecular formula is C15H24N2O2. The lowest BCUT2D eigenvalue weighted by Crippen LogP contribution is -2.36. The molecule has 1 amide bonds. The normalized spacial score (nSPS) is 13.7. The fraction of sp³-hybridized carbons (Fsp3) is 0.533. The molecule has 1 aromatic carbocycles. The first-order valence-corrected chi connectivity index (χ1v) is 6.76. The summed E-state index contributed by atoms with van der Waals surface area (Å²) in [6.07, 6.45) is 0.423. The highest BCUT2D eigenvalue weighted by atomic mass is 16.5. The lowest BCUT2D eigenvalue weighted by Gasteiger charge is -2.17. The molecule has 1 rings (SSSR count). The van der Waals surface area contributed by atoms with Crippen LogP contribution in [0.15, 0.2) is 18.2 Å². The van der Waals surface area contributed by atoms with Gasteiger partial charge in [-0.3, -0.25) is 4.79 Å². The van der Waals surface area contributed by atoms with Gasteiger partial charge >= 0.3 is 0 Å². The van der Waals surface area contributed by atoms with Crippen LogP contribution in [0.1, 0.15) is 44.4 Å². The van der Waals surface area contributed by atoms with Gasteiger partial charge < -0.3 is 15.8 Å². The van der Waals surface area contributed by atoms with Crippen molar-refractivity contribution in [3.63, 3.8) is 0 Å². The van der Waals surface area contributed by atoms with Gasteiger partial charge in [0.2, 0.25) is 0 Å². The fourth-order valence-corrected chi connectivity index (χ4v) is 1.72. The van der Waals surface area contributed by atoms with Crippen LogP contribution in [0.3, 0.4) is 0 Å². The number of benzene rings is 1. The van der Waals surface area contributed by atoms with Crippen molar-refractivity contribution in [3.8, 4) is 5.75 Å². The van der Waals surface area contributed by atoms with Gasteiger partial charge in [-0.2, -0.15) is 0 Å². The van der Waals surface area contributed by atoms with E-state index in [0.29, 0.717) is 6.54 Å². The molecule has 106 valence electrons. The number of carbonyl (C=O) groups excluding carboxylic acids is 1. The van der Waals surface area contributed by atoms with Crippen LogP contribution < -0.4 is 15.8 Å². The molecule has 1 aromatic rings. The monoisotopic (exact) mass is 264 g/mol. The maximum Gasteiger partial charge on any atom is 0.260 e. The van der Waals surface area contributed by atoms with Crippen LogP contribution in [0, 0.1) is 6.92 Å².